The lowest BCUT2D eigenvalue weighted by Crippen LogP contribution is -2.41. The summed E-state index contributed by atoms with van der Waals surface area (Å²) in [6.45, 7) is 5.39. The van der Waals surface area contributed by atoms with E-state index < -0.39 is 17.3 Å². The molecule has 0 aliphatic carbocycles. The van der Waals surface area contributed by atoms with E-state index in [4.69, 9.17) is 0 Å². The Hall–Kier alpha value is -3.58. The van der Waals surface area contributed by atoms with Crippen molar-refractivity contribution in [2.45, 2.75) is 26.3 Å². The van der Waals surface area contributed by atoms with Gasteiger partial charge in [0.15, 0.2) is 0 Å². The lowest BCUT2D eigenvalue weighted by Gasteiger charge is -2.35. The number of nitrogens with one attached hydrogen (secondary N) is 2. The Morgan fingerprint density at radius 2 is 1.90 bits per heavy atom. The van der Waals surface area contributed by atoms with Crippen LogP contribution in [0.1, 0.15) is 35.3 Å². The molecule has 1 aliphatic rings. The highest BCUT2D eigenvalue weighted by Crippen LogP contribution is 2.39. The van der Waals surface area contributed by atoms with Crippen molar-refractivity contribution < 1.29 is 5.11 Å². The van der Waals surface area contributed by atoms with Crippen LogP contribution >= 0.6 is 0 Å². The van der Waals surface area contributed by atoms with Crippen LogP contribution in [0.3, 0.4) is 0 Å². The summed E-state index contributed by atoms with van der Waals surface area (Å²) in [5.74, 6) is -0.325. The van der Waals surface area contributed by atoms with Gasteiger partial charge in [0.05, 0.1) is 11.7 Å². The number of benzene rings is 2. The predicted molar refractivity (Wildman–Crippen MR) is 120 cm³/mol. The van der Waals surface area contributed by atoms with Crippen molar-refractivity contribution in [2.75, 3.05) is 13.1 Å². The van der Waals surface area contributed by atoms with Gasteiger partial charge in [0.25, 0.3) is 5.56 Å². The zero-order chi connectivity index (χ0) is 21.7. The molecule has 0 unspecified atom stereocenters. The fraction of sp³-hybridized carbons (Fsp3) is 0.250. The molecule has 0 saturated carbocycles. The number of hydrogen-bond donors (Lipinski definition) is 3. The van der Waals surface area contributed by atoms with E-state index in [1.165, 1.54) is 4.57 Å². The molecular formula is C24H24N4O3. The Morgan fingerprint density at radius 1 is 1.10 bits per heavy atom. The first-order valence-electron chi connectivity index (χ1n) is 10.5. The van der Waals surface area contributed by atoms with Crippen LogP contribution in [0, 0.1) is 6.92 Å². The van der Waals surface area contributed by atoms with Gasteiger partial charge in [0, 0.05) is 23.1 Å². The van der Waals surface area contributed by atoms with Gasteiger partial charge in [0.1, 0.15) is 5.56 Å². The van der Waals surface area contributed by atoms with Crippen LogP contribution in [0.25, 0.3) is 16.6 Å². The maximum atomic E-state index is 13.0. The van der Waals surface area contributed by atoms with Crippen LogP contribution in [-0.4, -0.2) is 37.6 Å². The van der Waals surface area contributed by atoms with E-state index >= 15 is 0 Å². The number of aromatic nitrogens is 3. The van der Waals surface area contributed by atoms with Gasteiger partial charge in [0.2, 0.25) is 5.88 Å². The van der Waals surface area contributed by atoms with Gasteiger partial charge in [-0.2, -0.15) is 0 Å². The molecule has 3 heterocycles. The SMILES string of the molecule is CCN1CCc2c([nH]c3ccccc23)[C@H]1c1c(O)n(-c2cccc(C)c2)c(=O)[nH]c1=O. The molecule has 7 heteroatoms. The van der Waals surface area contributed by atoms with E-state index in [1.54, 1.807) is 12.1 Å². The van der Waals surface area contributed by atoms with E-state index in [0.717, 1.165) is 40.7 Å². The summed E-state index contributed by atoms with van der Waals surface area (Å²) in [5, 5.41) is 12.4. The number of H-pyrrole nitrogens is 2. The fourth-order valence-electron chi connectivity index (χ4n) is 4.75. The molecule has 158 valence electrons. The lowest BCUT2D eigenvalue weighted by molar-refractivity contribution is 0.215. The van der Waals surface area contributed by atoms with Crippen molar-refractivity contribution in [3.05, 3.63) is 91.8 Å². The number of rotatable bonds is 3. The van der Waals surface area contributed by atoms with Crippen molar-refractivity contribution in [3.63, 3.8) is 0 Å². The summed E-state index contributed by atoms with van der Waals surface area (Å²) in [6, 6.07) is 14.8. The fourth-order valence-corrected chi connectivity index (χ4v) is 4.75. The van der Waals surface area contributed by atoms with E-state index in [9.17, 15) is 14.7 Å². The summed E-state index contributed by atoms with van der Waals surface area (Å²) < 4.78 is 1.18. The van der Waals surface area contributed by atoms with Crippen LogP contribution in [0.5, 0.6) is 5.88 Å². The third-order valence-corrected chi connectivity index (χ3v) is 6.19. The predicted octanol–water partition coefficient (Wildman–Crippen LogP) is 2.99. The maximum absolute atomic E-state index is 13.0. The van der Waals surface area contributed by atoms with Gasteiger partial charge >= 0.3 is 5.69 Å². The minimum absolute atomic E-state index is 0.176. The molecule has 1 aliphatic heterocycles. The molecule has 0 fully saturated rings. The topological polar surface area (TPSA) is 94.1 Å². The molecule has 7 nitrogen and oxygen atoms in total. The highest BCUT2D eigenvalue weighted by molar-refractivity contribution is 5.85. The van der Waals surface area contributed by atoms with Gasteiger partial charge in [-0.15, -0.1) is 0 Å². The monoisotopic (exact) mass is 416 g/mol. The minimum atomic E-state index is -0.660. The van der Waals surface area contributed by atoms with E-state index in [1.807, 2.05) is 44.2 Å². The quantitative estimate of drug-likeness (QED) is 0.479. The molecule has 2 aromatic heterocycles. The average Bonchev–Trinajstić information content (AvgIpc) is 3.12. The number of fused-ring (bicyclic) bond motifs is 3. The highest BCUT2D eigenvalue weighted by Gasteiger charge is 2.35. The van der Waals surface area contributed by atoms with Gasteiger partial charge in [-0.25, -0.2) is 9.36 Å². The molecule has 0 spiro atoms. The van der Waals surface area contributed by atoms with Crippen LogP contribution < -0.4 is 11.2 Å². The number of likely N-dealkylation sites (N-methyl/N-ethyl adjacent to an activating group) is 1. The van der Waals surface area contributed by atoms with Crippen molar-refractivity contribution in [1.82, 2.24) is 19.4 Å². The van der Waals surface area contributed by atoms with E-state index in [-0.39, 0.29) is 11.4 Å². The summed E-state index contributed by atoms with van der Waals surface area (Å²) in [5.41, 5.74) is 3.45. The Labute approximate surface area is 178 Å². The van der Waals surface area contributed by atoms with Crippen molar-refractivity contribution in [2.24, 2.45) is 0 Å². The lowest BCUT2D eigenvalue weighted by atomic mass is 9.93. The number of nitrogens with zero attached hydrogens (tertiary/aromatic N) is 2. The molecule has 2 aromatic carbocycles. The maximum Gasteiger partial charge on any atom is 0.335 e. The second kappa shape index (κ2) is 7.28. The third-order valence-electron chi connectivity index (χ3n) is 6.19. The molecule has 0 saturated heterocycles. The van der Waals surface area contributed by atoms with Crippen LogP contribution in [0.4, 0.5) is 0 Å². The summed E-state index contributed by atoms with van der Waals surface area (Å²) in [6.07, 6.45) is 0.847. The van der Waals surface area contributed by atoms with Crippen LogP contribution in [0.2, 0.25) is 0 Å². The molecule has 3 N–H and O–H groups in total. The molecule has 4 aromatic rings. The van der Waals surface area contributed by atoms with Gasteiger partial charge in [-0.3, -0.25) is 14.7 Å². The second-order valence-corrected chi connectivity index (χ2v) is 8.01. The zero-order valence-electron chi connectivity index (χ0n) is 17.5. The number of hydrogen-bond acceptors (Lipinski definition) is 4. The van der Waals surface area contributed by atoms with Crippen LogP contribution in [-0.2, 0) is 6.42 Å². The molecule has 0 bridgehead atoms. The Bertz CT molecular complexity index is 1410. The smallest absolute Gasteiger partial charge is 0.335 e. The Balaban J connectivity index is 1.79. The van der Waals surface area contributed by atoms with E-state index in [2.05, 4.69) is 20.9 Å². The van der Waals surface area contributed by atoms with Crippen LogP contribution in [0.15, 0.2) is 58.1 Å². The number of para-hydroxylation sites is 1. The zero-order valence-corrected chi connectivity index (χ0v) is 17.5. The van der Waals surface area contributed by atoms with Crippen molar-refractivity contribution in [1.29, 1.82) is 0 Å². The third kappa shape index (κ3) is 3.00. The first-order valence-corrected chi connectivity index (χ1v) is 10.5. The molecule has 31 heavy (non-hydrogen) atoms. The van der Waals surface area contributed by atoms with Crippen molar-refractivity contribution in [3.8, 4) is 11.6 Å². The minimum Gasteiger partial charge on any atom is -0.494 e. The van der Waals surface area contributed by atoms with Gasteiger partial charge in [-0.05, 0) is 49.2 Å². The van der Waals surface area contributed by atoms with Gasteiger partial charge in [-0.1, -0.05) is 37.3 Å². The average molecular weight is 416 g/mol. The standard InChI is InChI=1S/C24H24N4O3/c1-3-27-12-11-17-16-9-4-5-10-18(16)25-20(17)21(27)19-22(29)26-24(31)28(23(19)30)15-8-6-7-14(2)13-15/h4-10,13,21,25,30H,3,11-12H2,1-2H3,(H,26,29,31)/t21-/m1/s1. The molecule has 5 rings (SSSR count). The largest absolute Gasteiger partial charge is 0.494 e. The van der Waals surface area contributed by atoms with Gasteiger partial charge < -0.3 is 10.1 Å². The van der Waals surface area contributed by atoms with Crippen molar-refractivity contribution >= 4 is 10.9 Å². The first-order chi connectivity index (χ1) is 15.0. The Morgan fingerprint density at radius 3 is 2.68 bits per heavy atom. The molecular weight excluding hydrogens is 392 g/mol. The summed E-state index contributed by atoms with van der Waals surface area (Å²) in [7, 11) is 0. The molecule has 1 atom stereocenters. The van der Waals surface area contributed by atoms with E-state index in [0.29, 0.717) is 12.2 Å². The number of aryl methyl sites for hydroxylation is 1. The highest BCUT2D eigenvalue weighted by atomic mass is 16.3. The summed E-state index contributed by atoms with van der Waals surface area (Å²) in [4.78, 5) is 33.7. The summed E-state index contributed by atoms with van der Waals surface area (Å²) >= 11 is 0. The number of aromatic hydroxyl groups is 1. The normalized spacial score (nSPS) is 16.5. The number of aromatic amines is 2. The molecule has 0 amide bonds. The first kappa shape index (κ1) is 19.4. The second-order valence-electron chi connectivity index (χ2n) is 8.01. The Kier molecular flexibility index (Phi) is 4.55. The molecule has 0 radical (unpaired) electrons.